The van der Waals surface area contributed by atoms with Gasteiger partial charge in [0.1, 0.15) is 0 Å². The molecule has 1 aromatic carbocycles. The molecule has 0 aliphatic heterocycles. The standard InChI is InChI=1S/C14H17BrN2O3/c1-8(9-3-4-9)17(2)14(20)16-12-7-10(13(18)19)5-6-11(12)15/h5-9H,3-4H2,1-2H3,(H,16,20)(H,18,19). The van der Waals surface area contributed by atoms with Gasteiger partial charge in [-0.2, -0.15) is 0 Å². The van der Waals surface area contributed by atoms with Crippen molar-refractivity contribution in [2.75, 3.05) is 12.4 Å². The van der Waals surface area contributed by atoms with Crippen LogP contribution in [0.25, 0.3) is 0 Å². The molecule has 108 valence electrons. The molecule has 1 aromatic rings. The third kappa shape index (κ3) is 3.30. The van der Waals surface area contributed by atoms with E-state index in [2.05, 4.69) is 21.2 Å². The zero-order valence-electron chi connectivity index (χ0n) is 11.4. The summed E-state index contributed by atoms with van der Waals surface area (Å²) in [6, 6.07) is 4.51. The molecule has 2 rings (SSSR count). The Hall–Kier alpha value is -1.56. The van der Waals surface area contributed by atoms with Gasteiger partial charge in [0.2, 0.25) is 0 Å². The molecule has 0 radical (unpaired) electrons. The summed E-state index contributed by atoms with van der Waals surface area (Å²) in [6.45, 7) is 2.03. The molecule has 0 bridgehead atoms. The highest BCUT2D eigenvalue weighted by Gasteiger charge is 2.32. The molecular formula is C14H17BrN2O3. The number of carboxylic acids is 1. The maximum atomic E-state index is 12.2. The predicted octanol–water partition coefficient (Wildman–Crippen LogP) is 3.41. The number of nitrogens with zero attached hydrogens (tertiary/aromatic N) is 1. The van der Waals surface area contributed by atoms with Crippen LogP contribution in [-0.2, 0) is 0 Å². The number of benzene rings is 1. The Morgan fingerprint density at radius 3 is 2.65 bits per heavy atom. The van der Waals surface area contributed by atoms with Crippen LogP contribution in [0.4, 0.5) is 10.5 Å². The Balaban J connectivity index is 2.10. The van der Waals surface area contributed by atoms with Gasteiger partial charge in [0.15, 0.2) is 0 Å². The van der Waals surface area contributed by atoms with E-state index in [1.165, 1.54) is 12.1 Å². The first kappa shape index (κ1) is 14.8. The fourth-order valence-electron chi connectivity index (χ4n) is 2.04. The van der Waals surface area contributed by atoms with Crippen molar-refractivity contribution in [3.8, 4) is 0 Å². The van der Waals surface area contributed by atoms with Gasteiger partial charge in [0.05, 0.1) is 11.3 Å². The smallest absolute Gasteiger partial charge is 0.335 e. The van der Waals surface area contributed by atoms with Gasteiger partial charge in [-0.15, -0.1) is 0 Å². The Morgan fingerprint density at radius 1 is 1.45 bits per heavy atom. The molecule has 1 atom stereocenters. The molecule has 2 N–H and O–H groups in total. The van der Waals surface area contributed by atoms with Crippen LogP contribution >= 0.6 is 15.9 Å². The zero-order chi connectivity index (χ0) is 14.9. The van der Waals surface area contributed by atoms with E-state index in [4.69, 9.17) is 5.11 Å². The van der Waals surface area contributed by atoms with Crippen molar-refractivity contribution in [3.63, 3.8) is 0 Å². The lowest BCUT2D eigenvalue weighted by Gasteiger charge is -2.25. The minimum atomic E-state index is -1.02. The van der Waals surface area contributed by atoms with Crippen molar-refractivity contribution in [1.29, 1.82) is 0 Å². The highest BCUT2D eigenvalue weighted by atomic mass is 79.9. The second-order valence-corrected chi connectivity index (χ2v) is 5.97. The number of carbonyl (C=O) groups excluding carboxylic acids is 1. The third-order valence-electron chi connectivity index (χ3n) is 3.69. The molecule has 2 amide bonds. The second-order valence-electron chi connectivity index (χ2n) is 5.12. The van der Waals surface area contributed by atoms with Gasteiger partial charge in [-0.05, 0) is 59.8 Å². The maximum absolute atomic E-state index is 12.2. The number of hydrogen-bond acceptors (Lipinski definition) is 2. The van der Waals surface area contributed by atoms with Crippen LogP contribution in [0.1, 0.15) is 30.1 Å². The summed E-state index contributed by atoms with van der Waals surface area (Å²) in [5.74, 6) is -0.438. The molecular weight excluding hydrogens is 324 g/mol. The third-order valence-corrected chi connectivity index (χ3v) is 4.38. The molecule has 20 heavy (non-hydrogen) atoms. The minimum Gasteiger partial charge on any atom is -0.478 e. The van der Waals surface area contributed by atoms with E-state index in [0.29, 0.717) is 16.1 Å². The van der Waals surface area contributed by atoms with E-state index in [1.807, 2.05) is 6.92 Å². The number of rotatable bonds is 4. The van der Waals surface area contributed by atoms with Crippen molar-refractivity contribution in [3.05, 3.63) is 28.2 Å². The number of aromatic carboxylic acids is 1. The van der Waals surface area contributed by atoms with Gasteiger partial charge in [0.25, 0.3) is 0 Å². The molecule has 5 nitrogen and oxygen atoms in total. The Morgan fingerprint density at radius 2 is 2.10 bits per heavy atom. The van der Waals surface area contributed by atoms with E-state index in [-0.39, 0.29) is 17.6 Å². The van der Waals surface area contributed by atoms with Gasteiger partial charge in [-0.25, -0.2) is 9.59 Å². The lowest BCUT2D eigenvalue weighted by atomic mass is 10.2. The van der Waals surface area contributed by atoms with Gasteiger partial charge in [-0.1, -0.05) is 0 Å². The average molecular weight is 341 g/mol. The molecule has 0 aromatic heterocycles. The monoisotopic (exact) mass is 340 g/mol. The first-order chi connectivity index (χ1) is 9.40. The number of urea groups is 1. The number of halogens is 1. The van der Waals surface area contributed by atoms with Gasteiger partial charge >= 0.3 is 12.0 Å². The van der Waals surface area contributed by atoms with Crippen LogP contribution in [0, 0.1) is 5.92 Å². The van der Waals surface area contributed by atoms with E-state index in [0.717, 1.165) is 12.8 Å². The summed E-state index contributed by atoms with van der Waals surface area (Å²) in [6.07, 6.45) is 2.33. The average Bonchev–Trinajstić information content (AvgIpc) is 3.23. The molecule has 1 aliphatic carbocycles. The number of nitrogens with one attached hydrogen (secondary N) is 1. The van der Waals surface area contributed by atoms with Crippen LogP contribution in [-0.4, -0.2) is 35.1 Å². The first-order valence-electron chi connectivity index (χ1n) is 6.47. The van der Waals surface area contributed by atoms with Crippen LogP contribution in [0.5, 0.6) is 0 Å². The fourth-order valence-corrected chi connectivity index (χ4v) is 2.38. The quantitative estimate of drug-likeness (QED) is 0.882. The summed E-state index contributed by atoms with van der Waals surface area (Å²) >= 11 is 3.31. The highest BCUT2D eigenvalue weighted by Crippen LogP contribution is 2.35. The minimum absolute atomic E-state index is 0.140. The molecule has 0 heterocycles. The Labute approximate surface area is 126 Å². The van der Waals surface area contributed by atoms with Crippen molar-refractivity contribution in [2.45, 2.75) is 25.8 Å². The summed E-state index contributed by atoms with van der Waals surface area (Å²) in [5, 5.41) is 11.7. The molecule has 0 saturated heterocycles. The summed E-state index contributed by atoms with van der Waals surface area (Å²) < 4.78 is 0.656. The summed E-state index contributed by atoms with van der Waals surface area (Å²) in [5.41, 5.74) is 0.603. The lowest BCUT2D eigenvalue weighted by molar-refractivity contribution is 0.0697. The van der Waals surface area contributed by atoms with Crippen LogP contribution in [0.15, 0.2) is 22.7 Å². The number of amides is 2. The SMILES string of the molecule is CC(C1CC1)N(C)C(=O)Nc1cc(C(=O)O)ccc1Br. The molecule has 1 unspecified atom stereocenters. The largest absolute Gasteiger partial charge is 0.478 e. The number of carbonyl (C=O) groups is 2. The van der Waals surface area contributed by atoms with Gasteiger partial charge < -0.3 is 15.3 Å². The van der Waals surface area contributed by atoms with E-state index < -0.39 is 5.97 Å². The van der Waals surface area contributed by atoms with Crippen molar-refractivity contribution in [2.24, 2.45) is 5.92 Å². The Kier molecular flexibility index (Phi) is 4.32. The molecule has 1 aliphatic rings. The summed E-state index contributed by atoms with van der Waals surface area (Å²) in [7, 11) is 1.76. The molecule has 0 spiro atoms. The normalized spacial score (nSPS) is 15.6. The van der Waals surface area contributed by atoms with Crippen LogP contribution in [0.2, 0.25) is 0 Å². The van der Waals surface area contributed by atoms with Gasteiger partial charge in [0, 0.05) is 17.6 Å². The highest BCUT2D eigenvalue weighted by molar-refractivity contribution is 9.10. The fraction of sp³-hybridized carbons (Fsp3) is 0.429. The second kappa shape index (κ2) is 5.83. The van der Waals surface area contributed by atoms with Gasteiger partial charge in [-0.3, -0.25) is 0 Å². The Bertz CT molecular complexity index is 543. The lowest BCUT2D eigenvalue weighted by Crippen LogP contribution is -2.39. The number of hydrogen-bond donors (Lipinski definition) is 2. The van der Waals surface area contributed by atoms with Crippen molar-refractivity contribution >= 4 is 33.6 Å². The molecule has 1 saturated carbocycles. The number of carboxylic acid groups (broad SMARTS) is 1. The van der Waals surface area contributed by atoms with Crippen LogP contribution in [0.3, 0.4) is 0 Å². The van der Waals surface area contributed by atoms with E-state index in [9.17, 15) is 9.59 Å². The molecule has 6 heteroatoms. The predicted molar refractivity (Wildman–Crippen MR) is 80.1 cm³/mol. The van der Waals surface area contributed by atoms with E-state index in [1.54, 1.807) is 18.0 Å². The summed E-state index contributed by atoms with van der Waals surface area (Å²) in [4.78, 5) is 24.8. The topological polar surface area (TPSA) is 69.6 Å². The number of anilines is 1. The first-order valence-corrected chi connectivity index (χ1v) is 7.26. The van der Waals surface area contributed by atoms with Crippen molar-refractivity contribution in [1.82, 2.24) is 4.90 Å². The zero-order valence-corrected chi connectivity index (χ0v) is 13.0. The van der Waals surface area contributed by atoms with E-state index >= 15 is 0 Å². The molecule has 1 fully saturated rings. The maximum Gasteiger partial charge on any atom is 0.335 e. The van der Waals surface area contributed by atoms with Crippen molar-refractivity contribution < 1.29 is 14.7 Å². The van der Waals surface area contributed by atoms with Crippen LogP contribution < -0.4 is 5.32 Å².